The number of nitrogen functional groups attached to an aromatic ring is 1. The molecule has 0 atom stereocenters. The predicted molar refractivity (Wildman–Crippen MR) is 65.2 cm³/mol. The second-order valence-corrected chi connectivity index (χ2v) is 4.00. The molecule has 1 aromatic carbocycles. The van der Waals surface area contributed by atoms with Crippen LogP contribution >= 0.6 is 0 Å². The fraction of sp³-hybridized carbons (Fsp3) is 0.273. The smallest absolute Gasteiger partial charge is 0.384 e. The van der Waals surface area contributed by atoms with Crippen molar-refractivity contribution >= 4 is 17.6 Å². The van der Waals surface area contributed by atoms with Crippen molar-refractivity contribution in [3.05, 3.63) is 29.3 Å². The van der Waals surface area contributed by atoms with Gasteiger partial charge in [-0.1, -0.05) is 0 Å². The van der Waals surface area contributed by atoms with Crippen LogP contribution in [-0.2, 0) is 6.18 Å². The van der Waals surface area contributed by atoms with Gasteiger partial charge in [0.25, 0.3) is 0 Å². The second kappa shape index (κ2) is 5.17. The number of carbonyl (C=O) groups is 1. The van der Waals surface area contributed by atoms with Gasteiger partial charge >= 0.3 is 12.2 Å². The van der Waals surface area contributed by atoms with Crippen molar-refractivity contribution in [2.75, 3.05) is 19.4 Å². The summed E-state index contributed by atoms with van der Waals surface area (Å²) in [6, 6.07) is 2.09. The Balaban J connectivity index is 3.20. The lowest BCUT2D eigenvalue weighted by atomic mass is 10.1. The topological polar surface area (TPSA) is 82.2 Å². The zero-order chi connectivity index (χ0) is 14.8. The van der Waals surface area contributed by atoms with Crippen LogP contribution in [0, 0.1) is 5.41 Å². The van der Waals surface area contributed by atoms with Crippen LogP contribution in [0.2, 0.25) is 0 Å². The number of nitrogens with two attached hydrogens (primary N) is 1. The van der Waals surface area contributed by atoms with Crippen LogP contribution in [0.25, 0.3) is 0 Å². The standard InChI is InChI=1S/C11H13F3N4O/c1-18(2)10(19)17-8-4-3-6(11(12,13)14)5-7(8)9(15)16/h3-5H,1-2H3,(H3,15,16)(H,17,19). The van der Waals surface area contributed by atoms with Crippen LogP contribution < -0.4 is 11.1 Å². The normalized spacial score (nSPS) is 11.0. The molecule has 4 N–H and O–H groups in total. The van der Waals surface area contributed by atoms with Crippen LogP contribution in [0.15, 0.2) is 18.2 Å². The molecule has 8 heteroatoms. The maximum absolute atomic E-state index is 12.5. The van der Waals surface area contributed by atoms with E-state index in [0.717, 1.165) is 18.2 Å². The highest BCUT2D eigenvalue weighted by atomic mass is 19.4. The molecule has 2 amide bonds. The Labute approximate surface area is 107 Å². The van der Waals surface area contributed by atoms with Gasteiger partial charge in [0.05, 0.1) is 11.3 Å². The maximum Gasteiger partial charge on any atom is 0.416 e. The molecule has 0 unspecified atom stereocenters. The fourth-order valence-electron chi connectivity index (χ4n) is 1.28. The Morgan fingerprint density at radius 2 is 1.95 bits per heavy atom. The van der Waals surface area contributed by atoms with Crippen molar-refractivity contribution in [3.8, 4) is 0 Å². The molecule has 0 aromatic heterocycles. The Kier molecular flexibility index (Phi) is 4.03. The highest BCUT2D eigenvalue weighted by Crippen LogP contribution is 2.31. The summed E-state index contributed by atoms with van der Waals surface area (Å²) in [5, 5.41) is 9.64. The first-order valence-corrected chi connectivity index (χ1v) is 5.17. The first kappa shape index (κ1) is 14.8. The third-order valence-electron chi connectivity index (χ3n) is 2.28. The molecule has 0 aliphatic heterocycles. The number of hydrogen-bond acceptors (Lipinski definition) is 2. The van der Waals surface area contributed by atoms with Gasteiger partial charge in [0.15, 0.2) is 0 Å². The van der Waals surface area contributed by atoms with Crippen molar-refractivity contribution in [1.82, 2.24) is 4.90 Å². The maximum atomic E-state index is 12.5. The average Bonchev–Trinajstić information content (AvgIpc) is 2.27. The number of nitrogens with zero attached hydrogens (tertiary/aromatic N) is 1. The summed E-state index contributed by atoms with van der Waals surface area (Å²) >= 11 is 0. The third-order valence-corrected chi connectivity index (χ3v) is 2.28. The number of carbonyl (C=O) groups excluding carboxylic acids is 1. The van der Waals surface area contributed by atoms with E-state index in [9.17, 15) is 18.0 Å². The molecule has 1 aromatic rings. The Morgan fingerprint density at radius 3 is 2.37 bits per heavy atom. The van der Waals surface area contributed by atoms with Gasteiger partial charge in [-0.15, -0.1) is 0 Å². The number of nitrogens with one attached hydrogen (secondary N) is 2. The van der Waals surface area contributed by atoms with E-state index in [1.54, 1.807) is 0 Å². The van der Waals surface area contributed by atoms with Gasteiger partial charge in [-0.25, -0.2) is 4.79 Å². The lowest BCUT2D eigenvalue weighted by Gasteiger charge is -2.16. The van der Waals surface area contributed by atoms with Crippen molar-refractivity contribution in [1.29, 1.82) is 5.41 Å². The SMILES string of the molecule is CN(C)C(=O)Nc1ccc(C(F)(F)F)cc1C(=N)N. The molecule has 0 bridgehead atoms. The minimum Gasteiger partial charge on any atom is -0.384 e. The molecule has 0 aliphatic carbocycles. The molecule has 19 heavy (non-hydrogen) atoms. The number of urea groups is 1. The first-order valence-electron chi connectivity index (χ1n) is 5.17. The minimum absolute atomic E-state index is 0.0548. The summed E-state index contributed by atoms with van der Waals surface area (Å²) in [7, 11) is 2.96. The highest BCUT2D eigenvalue weighted by molar-refractivity contribution is 6.04. The zero-order valence-corrected chi connectivity index (χ0v) is 10.3. The number of amidine groups is 1. The van der Waals surface area contributed by atoms with Gasteiger partial charge in [0.2, 0.25) is 0 Å². The number of benzene rings is 1. The number of halogens is 3. The molecule has 0 saturated carbocycles. The van der Waals surface area contributed by atoms with E-state index in [0.29, 0.717) is 0 Å². The molecule has 5 nitrogen and oxygen atoms in total. The molecule has 0 spiro atoms. The Hall–Kier alpha value is -2.25. The lowest BCUT2D eigenvalue weighted by Crippen LogP contribution is -2.28. The van der Waals surface area contributed by atoms with E-state index in [-0.39, 0.29) is 11.3 Å². The summed E-state index contributed by atoms with van der Waals surface area (Å²) in [5.41, 5.74) is 4.18. The number of amides is 2. The quantitative estimate of drug-likeness (QED) is 0.570. The lowest BCUT2D eigenvalue weighted by molar-refractivity contribution is -0.137. The van der Waals surface area contributed by atoms with Crippen LogP contribution in [-0.4, -0.2) is 30.9 Å². The number of anilines is 1. The second-order valence-electron chi connectivity index (χ2n) is 4.00. The van der Waals surface area contributed by atoms with Gasteiger partial charge in [0, 0.05) is 19.7 Å². The van der Waals surface area contributed by atoms with E-state index < -0.39 is 23.6 Å². The Morgan fingerprint density at radius 1 is 1.37 bits per heavy atom. The van der Waals surface area contributed by atoms with Gasteiger partial charge in [-0.3, -0.25) is 5.41 Å². The average molecular weight is 274 g/mol. The van der Waals surface area contributed by atoms with E-state index >= 15 is 0 Å². The fourth-order valence-corrected chi connectivity index (χ4v) is 1.28. The van der Waals surface area contributed by atoms with Crippen LogP contribution in [0.1, 0.15) is 11.1 Å². The van der Waals surface area contributed by atoms with Crippen molar-refractivity contribution in [2.24, 2.45) is 5.73 Å². The minimum atomic E-state index is -4.53. The van der Waals surface area contributed by atoms with E-state index in [2.05, 4.69) is 5.32 Å². The Bertz CT molecular complexity index is 511. The summed E-state index contributed by atoms with van der Waals surface area (Å²) in [6.45, 7) is 0. The van der Waals surface area contributed by atoms with Crippen molar-refractivity contribution < 1.29 is 18.0 Å². The predicted octanol–water partition coefficient (Wildman–Crippen LogP) is 2.08. The van der Waals surface area contributed by atoms with Crippen LogP contribution in [0.3, 0.4) is 0 Å². The highest BCUT2D eigenvalue weighted by Gasteiger charge is 2.31. The van der Waals surface area contributed by atoms with Gasteiger partial charge in [0.1, 0.15) is 5.84 Å². The molecular weight excluding hydrogens is 261 g/mol. The molecule has 0 fully saturated rings. The number of hydrogen-bond donors (Lipinski definition) is 3. The first-order chi connectivity index (χ1) is 8.62. The number of rotatable bonds is 2. The van der Waals surface area contributed by atoms with Gasteiger partial charge in [-0.05, 0) is 18.2 Å². The summed E-state index contributed by atoms with van der Waals surface area (Å²) in [6.07, 6.45) is -4.53. The third kappa shape index (κ3) is 3.60. The molecule has 104 valence electrons. The van der Waals surface area contributed by atoms with Crippen molar-refractivity contribution in [3.63, 3.8) is 0 Å². The zero-order valence-electron chi connectivity index (χ0n) is 10.3. The van der Waals surface area contributed by atoms with E-state index in [1.807, 2.05) is 0 Å². The van der Waals surface area contributed by atoms with E-state index in [4.69, 9.17) is 11.1 Å². The molecule has 0 saturated heterocycles. The summed E-state index contributed by atoms with van der Waals surface area (Å²) in [5.74, 6) is -0.555. The van der Waals surface area contributed by atoms with Crippen LogP contribution in [0.5, 0.6) is 0 Å². The van der Waals surface area contributed by atoms with Gasteiger partial charge in [-0.2, -0.15) is 13.2 Å². The molecule has 1 rings (SSSR count). The molecule has 0 heterocycles. The van der Waals surface area contributed by atoms with Crippen LogP contribution in [0.4, 0.5) is 23.7 Å². The molecule has 0 radical (unpaired) electrons. The monoisotopic (exact) mass is 274 g/mol. The molecule has 0 aliphatic rings. The van der Waals surface area contributed by atoms with Crippen molar-refractivity contribution in [2.45, 2.75) is 6.18 Å². The molecular formula is C11H13F3N4O. The van der Waals surface area contributed by atoms with E-state index in [1.165, 1.54) is 19.0 Å². The largest absolute Gasteiger partial charge is 0.416 e. The number of alkyl halides is 3. The summed E-state index contributed by atoms with van der Waals surface area (Å²) < 4.78 is 37.6. The summed E-state index contributed by atoms with van der Waals surface area (Å²) in [4.78, 5) is 12.7. The van der Waals surface area contributed by atoms with Gasteiger partial charge < -0.3 is 16.0 Å².